The SMILES string of the molecule is c1ccc(-c2cccc(-c3nc(-c4ccccc4)nc(-c4ccc(-c5c(-c6cccc7c6sc6ccccc67)sc6c(-c7ccccc7)nc7ccccc7c56)cc4)n3)c2)cc1.c1ccc(-c2nc(-c3ccccc3)nc(-c3cccc(-c4c(-c5cccc6c5sc5ccccc56)sc5c(-c6ccccc6)nc6ccccc6c45)c3)n2)cc1. The van der Waals surface area contributed by atoms with Gasteiger partial charge < -0.3 is 0 Å². The first-order chi connectivity index (χ1) is 58.5. The van der Waals surface area contributed by atoms with Crippen molar-refractivity contribution >= 4 is 128 Å². The number of aromatic nitrogens is 8. The fourth-order valence-electron chi connectivity index (χ4n) is 16.3. The quantitative estimate of drug-likeness (QED) is 0.112. The largest absolute Gasteiger partial charge is 0.246 e. The zero-order valence-corrected chi connectivity index (χ0v) is 66.4. The molecule has 118 heavy (non-hydrogen) atoms. The van der Waals surface area contributed by atoms with Crippen molar-refractivity contribution < 1.29 is 0 Å². The van der Waals surface area contributed by atoms with Gasteiger partial charge in [0.15, 0.2) is 34.9 Å². The van der Waals surface area contributed by atoms with E-state index in [9.17, 15) is 0 Å². The minimum absolute atomic E-state index is 0.622. The third-order valence-corrected chi connectivity index (χ3v) is 26.8. The van der Waals surface area contributed by atoms with Crippen molar-refractivity contribution in [3.63, 3.8) is 0 Å². The highest BCUT2D eigenvalue weighted by atomic mass is 32.1. The third-order valence-electron chi connectivity index (χ3n) is 21.9. The number of pyridine rings is 2. The number of fused-ring (bicyclic) bond motifs is 12. The number of benzene rings is 15. The topological polar surface area (TPSA) is 103 Å². The molecule has 0 aliphatic heterocycles. The molecule has 0 fully saturated rings. The van der Waals surface area contributed by atoms with Crippen LogP contribution in [-0.2, 0) is 0 Å². The van der Waals surface area contributed by atoms with E-state index in [1.54, 1.807) is 0 Å². The molecule has 0 unspecified atom stereocenters. The van der Waals surface area contributed by atoms with Crippen molar-refractivity contribution in [3.05, 3.63) is 388 Å². The Labute approximate surface area is 695 Å². The van der Waals surface area contributed by atoms with Crippen LogP contribution >= 0.6 is 45.3 Å². The summed E-state index contributed by atoms with van der Waals surface area (Å²) >= 11 is 7.41. The Morgan fingerprint density at radius 1 is 0.169 bits per heavy atom. The zero-order valence-electron chi connectivity index (χ0n) is 63.2. The Hall–Kier alpha value is -14.5. The second kappa shape index (κ2) is 30.0. The molecule has 12 heteroatoms. The molecule has 0 N–H and O–H groups in total. The van der Waals surface area contributed by atoms with E-state index >= 15 is 0 Å². The molecule has 0 aliphatic carbocycles. The molecular weight excluding hydrogens is 1510 g/mol. The van der Waals surface area contributed by atoms with Crippen LogP contribution in [0.3, 0.4) is 0 Å². The molecule has 23 rings (SSSR count). The summed E-state index contributed by atoms with van der Waals surface area (Å²) in [7, 11) is 0. The van der Waals surface area contributed by atoms with Crippen molar-refractivity contribution in [2.75, 3.05) is 0 Å². The van der Waals surface area contributed by atoms with E-state index in [1.807, 2.05) is 130 Å². The molecule has 15 aromatic carbocycles. The van der Waals surface area contributed by atoms with Gasteiger partial charge in [-0.1, -0.05) is 352 Å². The van der Waals surface area contributed by atoms with Gasteiger partial charge in [0.2, 0.25) is 0 Å². The molecule has 8 heterocycles. The molecule has 8 aromatic heterocycles. The van der Waals surface area contributed by atoms with E-state index in [0.29, 0.717) is 34.9 Å². The summed E-state index contributed by atoms with van der Waals surface area (Å²) in [6.07, 6.45) is 0. The molecule has 0 saturated carbocycles. The normalized spacial score (nSPS) is 11.6. The lowest BCUT2D eigenvalue weighted by Crippen LogP contribution is -2.00. The predicted octanol–water partition coefficient (Wildman–Crippen LogP) is 29.7. The minimum atomic E-state index is 0.622. The van der Waals surface area contributed by atoms with E-state index in [4.69, 9.17) is 39.9 Å². The number of rotatable bonds is 13. The molecule has 0 aliphatic rings. The van der Waals surface area contributed by atoms with Gasteiger partial charge in [-0.05, 0) is 58.7 Å². The van der Waals surface area contributed by atoms with Crippen molar-refractivity contribution in [1.82, 2.24) is 39.9 Å². The Bertz CT molecular complexity index is 7730. The Morgan fingerprint density at radius 2 is 0.458 bits per heavy atom. The number of thiophene rings is 4. The van der Waals surface area contributed by atoms with Crippen LogP contribution in [0.2, 0.25) is 0 Å². The molecular formula is C106H64N8S4. The van der Waals surface area contributed by atoms with E-state index in [1.165, 1.54) is 92.5 Å². The summed E-state index contributed by atoms with van der Waals surface area (Å²) in [5.41, 5.74) is 21.1. The molecule has 8 nitrogen and oxygen atoms in total. The maximum absolute atomic E-state index is 5.35. The summed E-state index contributed by atoms with van der Waals surface area (Å²) in [6.45, 7) is 0. The lowest BCUT2D eigenvalue weighted by molar-refractivity contribution is 1.07. The average molecular weight is 1580 g/mol. The highest BCUT2D eigenvalue weighted by Crippen LogP contribution is 2.55. The fourth-order valence-corrected chi connectivity index (χ4v) is 21.7. The molecule has 0 saturated heterocycles. The highest BCUT2D eigenvalue weighted by molar-refractivity contribution is 7.28. The second-order valence-corrected chi connectivity index (χ2v) is 33.2. The van der Waals surface area contributed by atoms with Gasteiger partial charge in [0, 0.05) is 138 Å². The first-order valence-corrected chi connectivity index (χ1v) is 42.5. The summed E-state index contributed by atoms with van der Waals surface area (Å²) in [6, 6.07) is 136. The summed E-state index contributed by atoms with van der Waals surface area (Å²) < 4.78 is 7.50. The summed E-state index contributed by atoms with van der Waals surface area (Å²) in [4.78, 5) is 43.6. The summed E-state index contributed by atoms with van der Waals surface area (Å²) in [5.74, 6) is 3.80. The number of nitrogens with zero attached hydrogens (tertiary/aromatic N) is 8. The predicted molar refractivity (Wildman–Crippen MR) is 497 cm³/mol. The Balaban J connectivity index is 0.000000143. The molecule has 0 atom stereocenters. The van der Waals surface area contributed by atoms with E-state index < -0.39 is 0 Å². The zero-order chi connectivity index (χ0) is 78.0. The van der Waals surface area contributed by atoms with Crippen LogP contribution in [0, 0.1) is 0 Å². The van der Waals surface area contributed by atoms with Gasteiger partial charge in [-0.15, -0.1) is 45.3 Å². The van der Waals surface area contributed by atoms with E-state index in [0.717, 1.165) is 100.0 Å². The van der Waals surface area contributed by atoms with Gasteiger partial charge in [0.25, 0.3) is 0 Å². The standard InChI is InChI=1S/C56H34N4S2.C50H30N4S2/c1-4-16-35(17-5-1)40-22-14-23-41(34-40)56-59-54(38-20-8-3-9-21-38)58-55(60-56)39-32-30-36(31-33-39)48-49-44-25-10-12-28-46(44)57-50(37-18-6-2-7-19-37)53(49)62-52(48)45-27-15-26-43-42-24-11-13-29-47(42)61-51(43)45;1-4-16-31(17-5-1)44-47-43(38-25-10-12-28-40(38)51-44)42(46(56-47)39-27-15-26-37-36-24-11-13-29-41(36)55-45(37)39)34-22-14-23-35(30-34)50-53-48(32-18-6-2-7-19-32)52-49(54-50)33-20-8-3-9-21-33/h1-34H;1-30H. The van der Waals surface area contributed by atoms with Crippen LogP contribution in [0.4, 0.5) is 0 Å². The first-order valence-electron chi connectivity index (χ1n) is 39.2. The van der Waals surface area contributed by atoms with Crippen LogP contribution < -0.4 is 0 Å². The van der Waals surface area contributed by atoms with Crippen molar-refractivity contribution in [2.45, 2.75) is 0 Å². The van der Waals surface area contributed by atoms with Crippen molar-refractivity contribution in [1.29, 1.82) is 0 Å². The van der Waals surface area contributed by atoms with Crippen LogP contribution in [0.25, 0.3) is 227 Å². The smallest absolute Gasteiger partial charge is 0.164 e. The van der Waals surface area contributed by atoms with Gasteiger partial charge in [0.05, 0.1) is 31.8 Å². The van der Waals surface area contributed by atoms with Crippen molar-refractivity contribution in [3.8, 4) is 145 Å². The monoisotopic (exact) mass is 1580 g/mol. The molecule has 23 aromatic rings. The molecule has 0 amide bonds. The fraction of sp³-hybridized carbons (Fsp3) is 0. The number of para-hydroxylation sites is 2. The van der Waals surface area contributed by atoms with Crippen LogP contribution in [-0.4, -0.2) is 39.9 Å². The van der Waals surface area contributed by atoms with Crippen LogP contribution in [0.15, 0.2) is 388 Å². The maximum Gasteiger partial charge on any atom is 0.164 e. The lowest BCUT2D eigenvalue weighted by atomic mass is 9.94. The van der Waals surface area contributed by atoms with Crippen LogP contribution in [0.5, 0.6) is 0 Å². The molecule has 552 valence electrons. The van der Waals surface area contributed by atoms with Crippen molar-refractivity contribution in [2.24, 2.45) is 0 Å². The minimum Gasteiger partial charge on any atom is -0.246 e. The van der Waals surface area contributed by atoms with Gasteiger partial charge in [-0.25, -0.2) is 39.9 Å². The Morgan fingerprint density at radius 3 is 0.881 bits per heavy atom. The summed E-state index contributed by atoms with van der Waals surface area (Å²) in [5, 5.41) is 9.82. The molecule has 0 bridgehead atoms. The highest BCUT2D eigenvalue weighted by Gasteiger charge is 2.28. The number of hydrogen-bond acceptors (Lipinski definition) is 12. The van der Waals surface area contributed by atoms with E-state index in [2.05, 4.69) is 303 Å². The Kier molecular flexibility index (Phi) is 17.9. The van der Waals surface area contributed by atoms with Gasteiger partial charge in [0.1, 0.15) is 0 Å². The third kappa shape index (κ3) is 12.8. The van der Waals surface area contributed by atoms with Crippen LogP contribution in [0.1, 0.15) is 0 Å². The van der Waals surface area contributed by atoms with Gasteiger partial charge >= 0.3 is 0 Å². The van der Waals surface area contributed by atoms with E-state index in [-0.39, 0.29) is 0 Å². The van der Waals surface area contributed by atoms with Gasteiger partial charge in [-0.3, -0.25) is 0 Å². The lowest BCUT2D eigenvalue weighted by Gasteiger charge is -2.12. The number of hydrogen-bond donors (Lipinski definition) is 0. The first kappa shape index (κ1) is 70.2. The molecule has 0 spiro atoms. The average Bonchev–Trinajstić information content (AvgIpc) is 1.56. The molecule has 0 radical (unpaired) electrons. The second-order valence-electron chi connectivity index (χ2n) is 29.1. The van der Waals surface area contributed by atoms with Gasteiger partial charge in [-0.2, -0.15) is 0 Å². The maximum atomic E-state index is 5.35.